The van der Waals surface area contributed by atoms with Crippen LogP contribution in [-0.4, -0.2) is 30.9 Å². The minimum absolute atomic E-state index is 0.00867. The average molecular weight is 355 g/mol. The Kier molecular flexibility index (Phi) is 4.88. The van der Waals surface area contributed by atoms with E-state index in [4.69, 9.17) is 14.2 Å². The fraction of sp³-hybridized carbons (Fsp3) is 0.368. The van der Waals surface area contributed by atoms with Gasteiger partial charge >= 0.3 is 0 Å². The molecule has 0 aliphatic carbocycles. The van der Waals surface area contributed by atoms with Crippen molar-refractivity contribution < 1.29 is 19.0 Å². The van der Waals surface area contributed by atoms with Gasteiger partial charge in [-0.2, -0.15) is 0 Å². The Morgan fingerprint density at radius 2 is 1.96 bits per heavy atom. The second-order valence-corrected chi connectivity index (χ2v) is 6.35. The normalized spacial score (nSPS) is 16.3. The van der Waals surface area contributed by atoms with Gasteiger partial charge in [-0.15, -0.1) is 0 Å². The Bertz CT molecular complexity index is 773. The number of nitrogens with zero attached hydrogens (tertiary/aromatic N) is 1. The number of ether oxygens (including phenoxy) is 3. The van der Waals surface area contributed by atoms with Crippen molar-refractivity contribution in [3.8, 4) is 11.5 Å². The summed E-state index contributed by atoms with van der Waals surface area (Å²) in [6.07, 6.45) is 3.24. The molecule has 0 atom stereocenters. The third kappa shape index (κ3) is 3.88. The Morgan fingerprint density at radius 3 is 2.77 bits per heavy atom. The van der Waals surface area contributed by atoms with E-state index in [1.807, 2.05) is 24.3 Å². The Balaban J connectivity index is 1.30. The summed E-state index contributed by atoms with van der Waals surface area (Å²) < 4.78 is 16.0. The first kappa shape index (κ1) is 16.7. The highest BCUT2D eigenvalue weighted by molar-refractivity contribution is 5.91. The minimum Gasteiger partial charge on any atom is -0.454 e. The van der Waals surface area contributed by atoms with Gasteiger partial charge < -0.3 is 24.8 Å². The van der Waals surface area contributed by atoms with Crippen LogP contribution >= 0.6 is 0 Å². The van der Waals surface area contributed by atoms with Crippen molar-refractivity contribution >= 4 is 17.4 Å². The summed E-state index contributed by atoms with van der Waals surface area (Å²) in [5.41, 5.74) is 1.97. The van der Waals surface area contributed by atoms with Gasteiger partial charge in [0, 0.05) is 25.7 Å². The van der Waals surface area contributed by atoms with Crippen molar-refractivity contribution in [1.82, 2.24) is 4.98 Å². The van der Waals surface area contributed by atoms with Gasteiger partial charge in [-0.25, -0.2) is 4.98 Å². The molecule has 2 N–H and O–H groups in total. The van der Waals surface area contributed by atoms with E-state index in [9.17, 15) is 4.79 Å². The summed E-state index contributed by atoms with van der Waals surface area (Å²) in [4.78, 5) is 16.5. The topological polar surface area (TPSA) is 81.7 Å². The summed E-state index contributed by atoms with van der Waals surface area (Å²) in [6.45, 7) is 2.21. The van der Waals surface area contributed by atoms with Crippen molar-refractivity contribution in [2.75, 3.05) is 30.6 Å². The molecule has 0 unspecified atom stereocenters. The average Bonchev–Trinajstić information content (AvgIpc) is 3.16. The molecule has 1 amide bonds. The molecule has 2 aliphatic heterocycles. The number of rotatable bonds is 5. The molecular weight excluding hydrogens is 334 g/mol. The van der Waals surface area contributed by atoms with Crippen molar-refractivity contribution in [3.05, 3.63) is 42.1 Å². The molecule has 2 aliphatic rings. The van der Waals surface area contributed by atoms with E-state index in [0.717, 1.165) is 35.6 Å². The van der Waals surface area contributed by atoms with Crippen molar-refractivity contribution in [2.24, 2.45) is 5.92 Å². The van der Waals surface area contributed by atoms with Gasteiger partial charge in [0.2, 0.25) is 12.7 Å². The minimum atomic E-state index is 0.00867. The maximum Gasteiger partial charge on any atom is 0.231 e. The monoisotopic (exact) mass is 355 g/mol. The highest BCUT2D eigenvalue weighted by atomic mass is 16.7. The van der Waals surface area contributed by atoms with Gasteiger partial charge in [-0.3, -0.25) is 4.79 Å². The van der Waals surface area contributed by atoms with Crippen LogP contribution in [0.25, 0.3) is 0 Å². The molecule has 1 saturated heterocycles. The number of amides is 1. The summed E-state index contributed by atoms with van der Waals surface area (Å²) in [7, 11) is 0. The second-order valence-electron chi connectivity index (χ2n) is 6.35. The van der Waals surface area contributed by atoms with E-state index >= 15 is 0 Å². The molecule has 0 saturated carbocycles. The zero-order valence-electron chi connectivity index (χ0n) is 14.4. The van der Waals surface area contributed by atoms with E-state index in [0.29, 0.717) is 25.6 Å². The summed E-state index contributed by atoms with van der Waals surface area (Å²) in [5, 5.41) is 6.19. The molecule has 26 heavy (non-hydrogen) atoms. The van der Waals surface area contributed by atoms with Gasteiger partial charge in [0.15, 0.2) is 11.5 Å². The van der Waals surface area contributed by atoms with Crippen LogP contribution in [0.5, 0.6) is 11.5 Å². The Labute approximate surface area is 151 Å². The molecule has 0 spiro atoms. The molecule has 1 aromatic carbocycles. The summed E-state index contributed by atoms with van der Waals surface area (Å²) in [6, 6.07) is 9.58. The molecule has 136 valence electrons. The van der Waals surface area contributed by atoms with Crippen molar-refractivity contribution in [3.63, 3.8) is 0 Å². The van der Waals surface area contributed by atoms with E-state index in [-0.39, 0.29) is 18.6 Å². The number of pyridine rings is 1. The zero-order chi connectivity index (χ0) is 17.8. The Morgan fingerprint density at radius 1 is 1.12 bits per heavy atom. The molecular formula is C19H21N3O4. The quantitative estimate of drug-likeness (QED) is 0.858. The lowest BCUT2D eigenvalue weighted by molar-refractivity contribution is -0.122. The highest BCUT2D eigenvalue weighted by Crippen LogP contribution is 2.32. The van der Waals surface area contributed by atoms with Crippen LogP contribution < -0.4 is 20.1 Å². The molecule has 1 aromatic heterocycles. The SMILES string of the molecule is O=C(Nc1ccc(NCc2ccc3c(c2)OCO3)cn1)C1CCOCC1. The van der Waals surface area contributed by atoms with Gasteiger partial charge in [-0.1, -0.05) is 6.07 Å². The molecule has 2 aromatic rings. The molecule has 0 radical (unpaired) electrons. The maximum absolute atomic E-state index is 12.2. The van der Waals surface area contributed by atoms with Gasteiger partial charge in [0.1, 0.15) is 5.82 Å². The molecule has 3 heterocycles. The van der Waals surface area contributed by atoms with Crippen LogP contribution in [0.15, 0.2) is 36.5 Å². The number of anilines is 2. The summed E-state index contributed by atoms with van der Waals surface area (Å²) >= 11 is 0. The first-order valence-electron chi connectivity index (χ1n) is 8.75. The number of aromatic nitrogens is 1. The highest BCUT2D eigenvalue weighted by Gasteiger charge is 2.21. The standard InChI is InChI=1S/C19H21N3O4/c23-19(14-5-7-24-8-6-14)22-18-4-2-15(11-21-18)20-10-13-1-3-16-17(9-13)26-12-25-16/h1-4,9,11,14,20H,5-8,10,12H2,(H,21,22,23). The van der Waals surface area contributed by atoms with E-state index in [1.54, 1.807) is 12.3 Å². The predicted molar refractivity (Wildman–Crippen MR) is 96.3 cm³/mol. The fourth-order valence-corrected chi connectivity index (χ4v) is 3.02. The van der Waals surface area contributed by atoms with Crippen molar-refractivity contribution in [2.45, 2.75) is 19.4 Å². The lowest BCUT2D eigenvalue weighted by Gasteiger charge is -2.20. The van der Waals surface area contributed by atoms with Crippen LogP contribution in [0, 0.1) is 5.92 Å². The third-order valence-corrected chi connectivity index (χ3v) is 4.54. The van der Waals surface area contributed by atoms with Crippen molar-refractivity contribution in [1.29, 1.82) is 0 Å². The van der Waals surface area contributed by atoms with Crippen LogP contribution in [0.3, 0.4) is 0 Å². The fourth-order valence-electron chi connectivity index (χ4n) is 3.02. The molecule has 7 nitrogen and oxygen atoms in total. The molecule has 0 bridgehead atoms. The first-order chi connectivity index (χ1) is 12.8. The number of carbonyl (C=O) groups excluding carboxylic acids is 1. The second kappa shape index (κ2) is 7.61. The number of hydrogen-bond acceptors (Lipinski definition) is 6. The molecule has 4 rings (SSSR count). The van der Waals surface area contributed by atoms with E-state index < -0.39 is 0 Å². The largest absolute Gasteiger partial charge is 0.454 e. The zero-order valence-corrected chi connectivity index (χ0v) is 14.4. The van der Waals surface area contributed by atoms with E-state index in [2.05, 4.69) is 15.6 Å². The van der Waals surface area contributed by atoms with Gasteiger partial charge in [0.25, 0.3) is 0 Å². The molecule has 7 heteroatoms. The van der Waals surface area contributed by atoms with Crippen LogP contribution in [-0.2, 0) is 16.1 Å². The third-order valence-electron chi connectivity index (χ3n) is 4.54. The number of benzene rings is 1. The summed E-state index contributed by atoms with van der Waals surface area (Å²) in [5.74, 6) is 2.14. The van der Waals surface area contributed by atoms with Gasteiger partial charge in [0.05, 0.1) is 11.9 Å². The smallest absolute Gasteiger partial charge is 0.231 e. The number of hydrogen-bond donors (Lipinski definition) is 2. The lowest BCUT2D eigenvalue weighted by atomic mass is 9.99. The Hall–Kier alpha value is -2.80. The first-order valence-corrected chi connectivity index (χ1v) is 8.75. The van der Waals surface area contributed by atoms with Crippen LogP contribution in [0.2, 0.25) is 0 Å². The lowest BCUT2D eigenvalue weighted by Crippen LogP contribution is -2.28. The molecule has 1 fully saturated rings. The van der Waals surface area contributed by atoms with Gasteiger partial charge in [-0.05, 0) is 42.7 Å². The number of carbonyl (C=O) groups is 1. The van der Waals surface area contributed by atoms with E-state index in [1.165, 1.54) is 0 Å². The van der Waals surface area contributed by atoms with Crippen LogP contribution in [0.4, 0.5) is 11.5 Å². The number of nitrogens with one attached hydrogen (secondary N) is 2. The predicted octanol–water partition coefficient (Wildman–Crippen LogP) is 2.79. The van der Waals surface area contributed by atoms with Crippen LogP contribution in [0.1, 0.15) is 18.4 Å². The number of fused-ring (bicyclic) bond motifs is 1. The maximum atomic E-state index is 12.2.